The maximum atomic E-state index is 6.09. The summed E-state index contributed by atoms with van der Waals surface area (Å²) in [7, 11) is 0. The minimum atomic E-state index is 0.138. The third-order valence-corrected chi connectivity index (χ3v) is 3.50. The van der Waals surface area contributed by atoms with Crippen molar-refractivity contribution in [3.8, 4) is 0 Å². The molecule has 2 unspecified atom stereocenters. The van der Waals surface area contributed by atoms with Crippen molar-refractivity contribution < 1.29 is 4.74 Å². The van der Waals surface area contributed by atoms with Crippen molar-refractivity contribution in [1.82, 2.24) is 0 Å². The van der Waals surface area contributed by atoms with Crippen LogP contribution in [0, 0.1) is 0 Å². The molecule has 1 aliphatic heterocycles. The summed E-state index contributed by atoms with van der Waals surface area (Å²) in [5, 5.41) is 0.773. The summed E-state index contributed by atoms with van der Waals surface area (Å²) >= 11 is 6.09. The number of nitrogens with two attached hydrogens (primary N) is 1. The lowest BCUT2D eigenvalue weighted by atomic mass is 10.0. The molecular formula is C14H21ClN2O. The fourth-order valence-electron chi connectivity index (χ4n) is 2.43. The standard InChI is InChI=1S/C14H21ClN2O/c1-10(16)7-12-8-13(15)3-4-14(12)17-5-6-18-9-11(17)2/h3-4,8,10-11H,5-7,9,16H2,1-2H3. The molecule has 1 aliphatic rings. The SMILES string of the molecule is CC(N)Cc1cc(Cl)ccc1N1CCOCC1C. The van der Waals surface area contributed by atoms with Crippen molar-refractivity contribution in [1.29, 1.82) is 0 Å². The largest absolute Gasteiger partial charge is 0.377 e. The Labute approximate surface area is 114 Å². The molecule has 1 heterocycles. The minimum Gasteiger partial charge on any atom is -0.377 e. The first-order valence-electron chi connectivity index (χ1n) is 6.46. The molecule has 4 heteroatoms. The molecule has 0 bridgehead atoms. The molecule has 0 saturated carbocycles. The first-order valence-corrected chi connectivity index (χ1v) is 6.84. The van der Waals surface area contributed by atoms with Crippen molar-refractivity contribution in [2.75, 3.05) is 24.7 Å². The molecule has 2 rings (SSSR count). The normalized spacial score (nSPS) is 22.0. The van der Waals surface area contributed by atoms with Gasteiger partial charge in [-0.1, -0.05) is 11.6 Å². The van der Waals surface area contributed by atoms with Crippen LogP contribution in [0.1, 0.15) is 19.4 Å². The number of halogens is 1. The summed E-state index contributed by atoms with van der Waals surface area (Å²) in [5.74, 6) is 0. The van der Waals surface area contributed by atoms with Gasteiger partial charge in [-0.15, -0.1) is 0 Å². The van der Waals surface area contributed by atoms with Gasteiger partial charge in [0.25, 0.3) is 0 Å². The highest BCUT2D eigenvalue weighted by molar-refractivity contribution is 6.30. The number of anilines is 1. The van der Waals surface area contributed by atoms with Gasteiger partial charge in [0.1, 0.15) is 0 Å². The molecule has 1 aromatic carbocycles. The summed E-state index contributed by atoms with van der Waals surface area (Å²) in [4.78, 5) is 2.39. The van der Waals surface area contributed by atoms with E-state index >= 15 is 0 Å². The quantitative estimate of drug-likeness (QED) is 0.915. The molecule has 0 amide bonds. The lowest BCUT2D eigenvalue weighted by Gasteiger charge is -2.36. The fraction of sp³-hybridized carbons (Fsp3) is 0.571. The molecule has 0 spiro atoms. The maximum absolute atomic E-state index is 6.09. The predicted molar refractivity (Wildman–Crippen MR) is 76.4 cm³/mol. The van der Waals surface area contributed by atoms with Crippen LogP contribution in [0.5, 0.6) is 0 Å². The van der Waals surface area contributed by atoms with Crippen molar-refractivity contribution in [3.05, 3.63) is 28.8 Å². The number of benzene rings is 1. The number of hydrogen-bond donors (Lipinski definition) is 1. The number of rotatable bonds is 3. The van der Waals surface area contributed by atoms with Crippen LogP contribution in [0.15, 0.2) is 18.2 Å². The van der Waals surface area contributed by atoms with Crippen LogP contribution in [-0.4, -0.2) is 31.8 Å². The molecule has 1 fully saturated rings. The Kier molecular flexibility index (Phi) is 4.49. The lowest BCUT2D eigenvalue weighted by molar-refractivity contribution is 0.0988. The fourth-order valence-corrected chi connectivity index (χ4v) is 2.62. The number of hydrogen-bond acceptors (Lipinski definition) is 3. The molecule has 100 valence electrons. The Bertz CT molecular complexity index is 409. The van der Waals surface area contributed by atoms with E-state index in [1.165, 1.54) is 11.3 Å². The van der Waals surface area contributed by atoms with Gasteiger partial charge in [-0.05, 0) is 44.0 Å². The van der Waals surface area contributed by atoms with Crippen LogP contribution in [0.2, 0.25) is 5.02 Å². The highest BCUT2D eigenvalue weighted by atomic mass is 35.5. The van der Waals surface area contributed by atoms with Crippen LogP contribution in [0.3, 0.4) is 0 Å². The van der Waals surface area contributed by atoms with Gasteiger partial charge in [-0.25, -0.2) is 0 Å². The van der Waals surface area contributed by atoms with E-state index in [9.17, 15) is 0 Å². The van der Waals surface area contributed by atoms with Gasteiger partial charge in [-0.3, -0.25) is 0 Å². The second kappa shape index (κ2) is 5.91. The number of nitrogens with zero attached hydrogens (tertiary/aromatic N) is 1. The Hall–Kier alpha value is -0.770. The second-order valence-electron chi connectivity index (χ2n) is 5.07. The van der Waals surface area contributed by atoms with E-state index in [0.29, 0.717) is 6.04 Å². The zero-order chi connectivity index (χ0) is 13.1. The molecule has 0 aliphatic carbocycles. The highest BCUT2D eigenvalue weighted by Gasteiger charge is 2.21. The van der Waals surface area contributed by atoms with Gasteiger partial charge in [0.2, 0.25) is 0 Å². The molecule has 3 nitrogen and oxygen atoms in total. The van der Waals surface area contributed by atoms with Crippen LogP contribution in [0.25, 0.3) is 0 Å². The molecule has 0 radical (unpaired) electrons. The van der Waals surface area contributed by atoms with Gasteiger partial charge in [0.05, 0.1) is 13.2 Å². The summed E-state index contributed by atoms with van der Waals surface area (Å²) in [6.45, 7) is 6.69. The molecule has 0 aromatic heterocycles. The second-order valence-corrected chi connectivity index (χ2v) is 5.51. The molecule has 1 saturated heterocycles. The first kappa shape index (κ1) is 13.7. The summed E-state index contributed by atoms with van der Waals surface area (Å²) in [5.41, 5.74) is 8.39. The van der Waals surface area contributed by atoms with Crippen molar-refractivity contribution in [2.45, 2.75) is 32.4 Å². The van der Waals surface area contributed by atoms with Gasteiger partial charge < -0.3 is 15.4 Å². The minimum absolute atomic E-state index is 0.138. The Balaban J connectivity index is 2.30. The zero-order valence-corrected chi connectivity index (χ0v) is 11.8. The van der Waals surface area contributed by atoms with Crippen LogP contribution >= 0.6 is 11.6 Å². The van der Waals surface area contributed by atoms with Crippen LogP contribution in [-0.2, 0) is 11.2 Å². The van der Waals surface area contributed by atoms with Crippen molar-refractivity contribution in [3.63, 3.8) is 0 Å². The highest BCUT2D eigenvalue weighted by Crippen LogP contribution is 2.28. The summed E-state index contributed by atoms with van der Waals surface area (Å²) < 4.78 is 5.49. The Morgan fingerprint density at radius 3 is 3.00 bits per heavy atom. The van der Waals surface area contributed by atoms with E-state index < -0.39 is 0 Å². The van der Waals surface area contributed by atoms with Crippen LogP contribution < -0.4 is 10.6 Å². The average Bonchev–Trinajstić information content (AvgIpc) is 2.30. The van der Waals surface area contributed by atoms with E-state index in [0.717, 1.165) is 31.2 Å². The molecule has 2 atom stereocenters. The van der Waals surface area contributed by atoms with Gasteiger partial charge in [-0.2, -0.15) is 0 Å². The Morgan fingerprint density at radius 1 is 1.56 bits per heavy atom. The van der Waals surface area contributed by atoms with Gasteiger partial charge >= 0.3 is 0 Å². The molecule has 2 N–H and O–H groups in total. The van der Waals surface area contributed by atoms with Gasteiger partial charge in [0, 0.05) is 29.3 Å². The number of ether oxygens (including phenoxy) is 1. The molecular weight excluding hydrogens is 248 g/mol. The molecule has 1 aromatic rings. The topological polar surface area (TPSA) is 38.5 Å². The van der Waals surface area contributed by atoms with E-state index in [1.54, 1.807) is 0 Å². The summed E-state index contributed by atoms with van der Waals surface area (Å²) in [6, 6.07) is 6.61. The van der Waals surface area contributed by atoms with Crippen molar-refractivity contribution >= 4 is 17.3 Å². The maximum Gasteiger partial charge on any atom is 0.0668 e. The Morgan fingerprint density at radius 2 is 2.33 bits per heavy atom. The van der Waals surface area contributed by atoms with E-state index in [1.807, 2.05) is 19.1 Å². The van der Waals surface area contributed by atoms with Gasteiger partial charge in [0.15, 0.2) is 0 Å². The lowest BCUT2D eigenvalue weighted by Crippen LogP contribution is -2.44. The van der Waals surface area contributed by atoms with E-state index in [-0.39, 0.29) is 6.04 Å². The smallest absolute Gasteiger partial charge is 0.0668 e. The first-order chi connectivity index (χ1) is 8.58. The van der Waals surface area contributed by atoms with Crippen molar-refractivity contribution in [2.24, 2.45) is 5.73 Å². The summed E-state index contributed by atoms with van der Waals surface area (Å²) in [6.07, 6.45) is 0.847. The third-order valence-electron chi connectivity index (χ3n) is 3.26. The predicted octanol–water partition coefficient (Wildman–Crippen LogP) is 2.45. The van der Waals surface area contributed by atoms with Crippen LogP contribution in [0.4, 0.5) is 5.69 Å². The third kappa shape index (κ3) is 3.16. The monoisotopic (exact) mass is 268 g/mol. The molecule has 18 heavy (non-hydrogen) atoms. The zero-order valence-electron chi connectivity index (χ0n) is 11.0. The average molecular weight is 269 g/mol. The van der Waals surface area contributed by atoms with E-state index in [2.05, 4.69) is 17.9 Å². The van der Waals surface area contributed by atoms with E-state index in [4.69, 9.17) is 22.1 Å². The number of morpholine rings is 1.